The van der Waals surface area contributed by atoms with E-state index in [1.807, 2.05) is 47.3 Å². The molecule has 0 aliphatic rings. The predicted molar refractivity (Wildman–Crippen MR) is 66.8 cm³/mol. The Morgan fingerprint density at radius 3 is 2.88 bits per heavy atom. The van der Waals surface area contributed by atoms with Gasteiger partial charge in [-0.2, -0.15) is 0 Å². The van der Waals surface area contributed by atoms with E-state index < -0.39 is 0 Å². The van der Waals surface area contributed by atoms with Crippen LogP contribution in [0.1, 0.15) is 5.69 Å². The molecule has 0 radical (unpaired) electrons. The van der Waals surface area contributed by atoms with Crippen LogP contribution in [0, 0.1) is 0 Å². The van der Waals surface area contributed by atoms with Crippen LogP contribution in [-0.4, -0.2) is 14.5 Å². The summed E-state index contributed by atoms with van der Waals surface area (Å²) >= 11 is 0. The second kappa shape index (κ2) is 3.99. The number of imidazole rings is 1. The third-order valence-corrected chi connectivity index (χ3v) is 2.74. The lowest BCUT2D eigenvalue weighted by molar-refractivity contribution is 0.972. The number of fused-ring (bicyclic) bond motifs is 1. The highest BCUT2D eigenvalue weighted by atomic mass is 15.0. The molecule has 1 aromatic carbocycles. The van der Waals surface area contributed by atoms with Gasteiger partial charge in [-0.1, -0.05) is 12.1 Å². The number of hydrogen-bond acceptors (Lipinski definition) is 3. The van der Waals surface area contributed by atoms with Gasteiger partial charge < -0.3 is 5.73 Å². The van der Waals surface area contributed by atoms with Crippen molar-refractivity contribution in [3.05, 3.63) is 54.6 Å². The highest BCUT2D eigenvalue weighted by Crippen LogP contribution is 2.17. The number of rotatable bonds is 2. The lowest BCUT2D eigenvalue weighted by Crippen LogP contribution is -2.01. The van der Waals surface area contributed by atoms with Gasteiger partial charge in [-0.15, -0.1) is 0 Å². The molecule has 0 saturated heterocycles. The van der Waals surface area contributed by atoms with Crippen molar-refractivity contribution in [1.82, 2.24) is 14.5 Å². The molecule has 3 rings (SSSR count). The highest BCUT2D eigenvalue weighted by molar-refractivity contribution is 5.77. The number of hydrogen-bond donors (Lipinski definition) is 1. The van der Waals surface area contributed by atoms with E-state index in [4.69, 9.17) is 5.73 Å². The summed E-state index contributed by atoms with van der Waals surface area (Å²) in [5.41, 5.74) is 9.58. The summed E-state index contributed by atoms with van der Waals surface area (Å²) in [6.45, 7) is 0.445. The normalized spacial score (nSPS) is 10.9. The quantitative estimate of drug-likeness (QED) is 0.723. The lowest BCUT2D eigenvalue weighted by Gasteiger charge is -2.05. The SMILES string of the molecule is NCc1cc(-n2cnc3ccccc32)ccn1. The third-order valence-electron chi connectivity index (χ3n) is 2.74. The molecule has 4 heteroatoms. The molecule has 2 aromatic heterocycles. The van der Waals surface area contributed by atoms with Crippen LogP contribution in [0.4, 0.5) is 0 Å². The molecule has 2 N–H and O–H groups in total. The van der Waals surface area contributed by atoms with E-state index in [0.29, 0.717) is 6.54 Å². The lowest BCUT2D eigenvalue weighted by atomic mass is 10.3. The Bertz CT molecular complexity index is 657. The largest absolute Gasteiger partial charge is 0.325 e. The Morgan fingerprint density at radius 1 is 1.12 bits per heavy atom. The molecule has 0 aliphatic heterocycles. The average Bonchev–Trinajstić information content (AvgIpc) is 2.82. The number of benzene rings is 1. The second-order valence-electron chi connectivity index (χ2n) is 3.81. The number of nitrogens with zero attached hydrogens (tertiary/aromatic N) is 3. The molecular weight excluding hydrogens is 212 g/mol. The molecule has 0 spiro atoms. The summed E-state index contributed by atoms with van der Waals surface area (Å²) in [4.78, 5) is 8.55. The number of nitrogens with two attached hydrogens (primary N) is 1. The van der Waals surface area contributed by atoms with Crippen molar-refractivity contribution in [2.24, 2.45) is 5.73 Å². The van der Waals surface area contributed by atoms with Crippen molar-refractivity contribution < 1.29 is 0 Å². The zero-order valence-electron chi connectivity index (χ0n) is 9.24. The Balaban J connectivity index is 2.20. The second-order valence-corrected chi connectivity index (χ2v) is 3.81. The van der Waals surface area contributed by atoms with Crippen LogP contribution in [0.2, 0.25) is 0 Å². The molecule has 0 amide bonds. The molecule has 2 heterocycles. The third kappa shape index (κ3) is 1.68. The number of pyridine rings is 1. The van der Waals surface area contributed by atoms with Crippen LogP contribution in [0.5, 0.6) is 0 Å². The van der Waals surface area contributed by atoms with Gasteiger partial charge in [-0.05, 0) is 24.3 Å². The molecule has 0 saturated carbocycles. The Hall–Kier alpha value is -2.20. The van der Waals surface area contributed by atoms with Gasteiger partial charge in [-0.3, -0.25) is 9.55 Å². The Labute approximate surface area is 98.7 Å². The van der Waals surface area contributed by atoms with E-state index in [1.165, 1.54) is 0 Å². The molecule has 3 aromatic rings. The summed E-state index contributed by atoms with van der Waals surface area (Å²) in [7, 11) is 0. The van der Waals surface area contributed by atoms with E-state index in [1.54, 1.807) is 6.20 Å². The van der Waals surface area contributed by atoms with Crippen LogP contribution < -0.4 is 5.73 Å². The van der Waals surface area contributed by atoms with Gasteiger partial charge in [0.1, 0.15) is 6.33 Å². The van der Waals surface area contributed by atoms with E-state index in [-0.39, 0.29) is 0 Å². The van der Waals surface area contributed by atoms with Crippen molar-refractivity contribution in [2.45, 2.75) is 6.54 Å². The maximum atomic E-state index is 5.60. The fraction of sp³-hybridized carbons (Fsp3) is 0.0769. The van der Waals surface area contributed by atoms with Gasteiger partial charge in [-0.25, -0.2) is 4.98 Å². The molecular formula is C13H12N4. The topological polar surface area (TPSA) is 56.7 Å². The first-order chi connectivity index (χ1) is 8.38. The first kappa shape index (κ1) is 9.99. The first-order valence-electron chi connectivity index (χ1n) is 5.46. The van der Waals surface area contributed by atoms with Crippen molar-refractivity contribution in [3.63, 3.8) is 0 Å². The van der Waals surface area contributed by atoms with Gasteiger partial charge in [0, 0.05) is 12.7 Å². The molecule has 0 unspecified atom stereocenters. The predicted octanol–water partition coefficient (Wildman–Crippen LogP) is 1.88. The maximum absolute atomic E-state index is 5.60. The first-order valence-corrected chi connectivity index (χ1v) is 5.46. The molecule has 0 aliphatic carbocycles. The fourth-order valence-corrected chi connectivity index (χ4v) is 1.89. The molecule has 0 fully saturated rings. The summed E-state index contributed by atoms with van der Waals surface area (Å²) in [5, 5.41) is 0. The molecule has 4 nitrogen and oxygen atoms in total. The molecule has 0 atom stereocenters. The summed E-state index contributed by atoms with van der Waals surface area (Å²) in [6, 6.07) is 12.0. The van der Waals surface area contributed by atoms with Crippen LogP contribution >= 0.6 is 0 Å². The van der Waals surface area contributed by atoms with Gasteiger partial charge in [0.05, 0.1) is 22.4 Å². The van der Waals surface area contributed by atoms with Crippen LogP contribution in [-0.2, 0) is 6.54 Å². The van der Waals surface area contributed by atoms with Crippen LogP contribution in [0.25, 0.3) is 16.7 Å². The minimum absolute atomic E-state index is 0.445. The average molecular weight is 224 g/mol. The van der Waals surface area contributed by atoms with Gasteiger partial charge in [0.15, 0.2) is 0 Å². The van der Waals surface area contributed by atoms with Crippen molar-refractivity contribution in [1.29, 1.82) is 0 Å². The minimum atomic E-state index is 0.445. The van der Waals surface area contributed by atoms with Crippen molar-refractivity contribution in [2.75, 3.05) is 0 Å². The van der Waals surface area contributed by atoms with Crippen molar-refractivity contribution >= 4 is 11.0 Å². The number of para-hydroxylation sites is 2. The van der Waals surface area contributed by atoms with E-state index in [0.717, 1.165) is 22.4 Å². The standard InChI is InChI=1S/C13H12N4/c14-8-10-7-11(5-6-15-10)17-9-16-12-3-1-2-4-13(12)17/h1-7,9H,8,14H2. The van der Waals surface area contributed by atoms with Crippen LogP contribution in [0.3, 0.4) is 0 Å². The number of aromatic nitrogens is 3. The Morgan fingerprint density at radius 2 is 2.00 bits per heavy atom. The summed E-state index contributed by atoms with van der Waals surface area (Å²) in [6.07, 6.45) is 3.59. The molecule has 17 heavy (non-hydrogen) atoms. The summed E-state index contributed by atoms with van der Waals surface area (Å²) < 4.78 is 2.04. The smallest absolute Gasteiger partial charge is 0.100 e. The summed E-state index contributed by atoms with van der Waals surface area (Å²) in [5.74, 6) is 0. The monoisotopic (exact) mass is 224 g/mol. The van der Waals surface area contributed by atoms with E-state index >= 15 is 0 Å². The molecule has 0 bridgehead atoms. The zero-order chi connectivity index (χ0) is 11.7. The van der Waals surface area contributed by atoms with Gasteiger partial charge >= 0.3 is 0 Å². The zero-order valence-corrected chi connectivity index (χ0v) is 9.24. The maximum Gasteiger partial charge on any atom is 0.100 e. The van der Waals surface area contributed by atoms with Crippen molar-refractivity contribution in [3.8, 4) is 5.69 Å². The minimum Gasteiger partial charge on any atom is -0.325 e. The van der Waals surface area contributed by atoms with Gasteiger partial charge in [0.25, 0.3) is 0 Å². The van der Waals surface area contributed by atoms with E-state index in [2.05, 4.69) is 9.97 Å². The van der Waals surface area contributed by atoms with Gasteiger partial charge in [0.2, 0.25) is 0 Å². The highest BCUT2D eigenvalue weighted by Gasteiger charge is 2.04. The molecule has 84 valence electrons. The fourth-order valence-electron chi connectivity index (χ4n) is 1.89. The van der Waals surface area contributed by atoms with Crippen LogP contribution in [0.15, 0.2) is 48.9 Å². The van der Waals surface area contributed by atoms with E-state index in [9.17, 15) is 0 Å². The Kier molecular flexibility index (Phi) is 2.34.